The highest BCUT2D eigenvalue weighted by atomic mass is 16.8. The first-order valence-corrected chi connectivity index (χ1v) is 30.5. The lowest BCUT2D eigenvalue weighted by Crippen LogP contribution is -2.68. The second kappa shape index (κ2) is 26.7. The number of rotatable bonds is 18. The summed E-state index contributed by atoms with van der Waals surface area (Å²) in [5.74, 6) is -1.99. The molecular formula is C56H94O30. The van der Waals surface area contributed by atoms with Crippen LogP contribution in [0.3, 0.4) is 0 Å². The third kappa shape index (κ3) is 12.2. The van der Waals surface area contributed by atoms with Gasteiger partial charge in [0.1, 0.15) is 116 Å². The van der Waals surface area contributed by atoms with Gasteiger partial charge in [-0.15, -0.1) is 0 Å². The van der Waals surface area contributed by atoms with Gasteiger partial charge in [-0.05, 0) is 91.3 Å². The molecule has 30 heteroatoms. The molecule has 30 nitrogen and oxygen atoms in total. The van der Waals surface area contributed by atoms with E-state index in [9.17, 15) is 97.0 Å². The summed E-state index contributed by atoms with van der Waals surface area (Å²) in [6.45, 7) is 4.48. The lowest BCUT2D eigenvalue weighted by molar-refractivity contribution is -0.404. The van der Waals surface area contributed by atoms with Crippen LogP contribution < -0.4 is 0 Å². The van der Waals surface area contributed by atoms with Crippen LogP contribution in [-0.2, 0) is 52.1 Å². The smallest absolute Gasteiger partial charge is 0.187 e. The van der Waals surface area contributed by atoms with Crippen LogP contribution in [-0.4, -0.2) is 314 Å². The molecule has 19 N–H and O–H groups in total. The molecule has 6 heterocycles. The second-order valence-electron chi connectivity index (χ2n) is 26.9. The Hall–Kier alpha value is -1.20. The van der Waals surface area contributed by atoms with Gasteiger partial charge in [0.25, 0.3) is 0 Å². The van der Waals surface area contributed by atoms with Gasteiger partial charge in [-0.25, -0.2) is 0 Å². The fourth-order valence-electron chi connectivity index (χ4n) is 16.9. The van der Waals surface area contributed by atoms with Gasteiger partial charge in [0.15, 0.2) is 37.2 Å². The van der Waals surface area contributed by atoms with Gasteiger partial charge >= 0.3 is 0 Å². The van der Waals surface area contributed by atoms with E-state index in [0.29, 0.717) is 25.7 Å². The molecular weight excluding hydrogens is 1150 g/mol. The van der Waals surface area contributed by atoms with Crippen LogP contribution >= 0.6 is 0 Å². The van der Waals surface area contributed by atoms with Crippen molar-refractivity contribution in [2.24, 2.45) is 52.3 Å². The van der Waals surface area contributed by atoms with Crippen molar-refractivity contribution in [2.45, 2.75) is 257 Å². The van der Waals surface area contributed by atoms with E-state index in [2.05, 4.69) is 13.8 Å². The van der Waals surface area contributed by atoms with Crippen LogP contribution in [0.4, 0.5) is 0 Å². The lowest BCUT2D eigenvalue weighted by Gasteiger charge is -2.63. The largest absolute Gasteiger partial charge is 0.394 e. The van der Waals surface area contributed by atoms with E-state index in [1.54, 1.807) is 0 Å². The number of fused-ring (bicyclic) bond motifs is 7. The monoisotopic (exact) mass is 1250 g/mol. The molecule has 10 rings (SSSR count). The molecule has 0 radical (unpaired) electrons. The predicted octanol–water partition coefficient (Wildman–Crippen LogP) is -7.55. The Balaban J connectivity index is 0.782. The lowest BCUT2D eigenvalue weighted by atomic mass is 9.43. The Kier molecular flexibility index (Phi) is 21.0. The topological polar surface area (TPSA) is 486 Å². The first-order valence-electron chi connectivity index (χ1n) is 30.5. The van der Waals surface area contributed by atoms with Crippen molar-refractivity contribution < 1.29 is 149 Å². The Morgan fingerprint density at radius 2 is 1.05 bits per heavy atom. The molecule has 0 aromatic carbocycles. The molecule has 6 saturated heterocycles. The highest BCUT2D eigenvalue weighted by molar-refractivity contribution is 5.17. The van der Waals surface area contributed by atoms with Crippen molar-refractivity contribution >= 4 is 0 Å². The highest BCUT2D eigenvalue weighted by Crippen LogP contribution is 2.71. The maximum absolute atomic E-state index is 12.2. The molecule has 4 saturated carbocycles. The Morgan fingerprint density at radius 3 is 1.70 bits per heavy atom. The molecule has 498 valence electrons. The van der Waals surface area contributed by atoms with Crippen molar-refractivity contribution in [1.29, 1.82) is 0 Å². The van der Waals surface area contributed by atoms with Gasteiger partial charge in [0, 0.05) is 12.3 Å². The van der Waals surface area contributed by atoms with Gasteiger partial charge in [-0.1, -0.05) is 27.7 Å². The summed E-state index contributed by atoms with van der Waals surface area (Å²) in [5, 5.41) is 206. The summed E-state index contributed by atoms with van der Waals surface area (Å²) in [5.41, 5.74) is -0.838. The molecule has 86 heavy (non-hydrogen) atoms. The minimum atomic E-state index is -2.07. The maximum atomic E-state index is 12.2. The fraction of sp³-hybridized carbons (Fsp3) is 1.00. The molecule has 0 spiro atoms. The van der Waals surface area contributed by atoms with Gasteiger partial charge in [-0.2, -0.15) is 0 Å². The van der Waals surface area contributed by atoms with Crippen LogP contribution in [0.25, 0.3) is 0 Å². The molecule has 10 aliphatic rings. The summed E-state index contributed by atoms with van der Waals surface area (Å²) >= 11 is 0. The third-order valence-electron chi connectivity index (χ3n) is 21.9. The quantitative estimate of drug-likeness (QED) is 0.0567. The Labute approximate surface area is 496 Å². The minimum absolute atomic E-state index is 0.00284. The van der Waals surface area contributed by atoms with Gasteiger partial charge < -0.3 is 149 Å². The Morgan fingerprint density at radius 1 is 0.500 bits per heavy atom. The number of aliphatic hydroxyl groups is 19. The molecule has 0 aromatic rings. The zero-order chi connectivity index (χ0) is 62.4. The average molecular weight is 1250 g/mol. The van der Waals surface area contributed by atoms with Crippen molar-refractivity contribution in [3.8, 4) is 0 Å². The Bertz CT molecular complexity index is 2210. The summed E-state index contributed by atoms with van der Waals surface area (Å²) in [6.07, 6.45) is -41.5. The van der Waals surface area contributed by atoms with Gasteiger partial charge in [0.2, 0.25) is 0 Å². The second-order valence-corrected chi connectivity index (χ2v) is 26.9. The first-order chi connectivity index (χ1) is 40.6. The van der Waals surface area contributed by atoms with E-state index in [1.165, 1.54) is 0 Å². The van der Waals surface area contributed by atoms with Gasteiger partial charge in [0.05, 0.1) is 64.1 Å². The van der Waals surface area contributed by atoms with E-state index >= 15 is 0 Å². The standard InChI is InChI=1S/C56H94O30/c1-19(17-76-49-43(72)39(68)36(65)30(13-57)79-49)5-8-56(75)20(2)34-29(86-56)10-23-21-9-25(61)24-11-28(26(62)12-55(24,4)22(21)6-7-54(23,34)3)78-51-45(74)41(70)46(33(16-60)82-51)83-53-48(85-52-44(73)40(69)37(66)31(14-58)80-52)47(38(67)32(15-59)81-53)84-50-42(71)35(64)27(63)18-77-50/h19-53,57-75H,5-18H2,1-4H3/t19-,20+,21-,22+,23+,24-,25-,26-,27-,28-,29+,30-,31-,32-,33-,34+,35+,36-,37-,38-,39+,40+,41-,42-,43-,44-,45-,46+,47+,48-,49-,50+,51-,52+,53+,54+,55-,56-/m1/s1. The van der Waals surface area contributed by atoms with E-state index in [0.717, 1.165) is 12.8 Å². The molecule has 4 aliphatic carbocycles. The van der Waals surface area contributed by atoms with Crippen molar-refractivity contribution in [3.05, 3.63) is 0 Å². The number of hydrogen-bond donors (Lipinski definition) is 19. The minimum Gasteiger partial charge on any atom is -0.394 e. The van der Waals surface area contributed by atoms with Crippen LogP contribution in [0.2, 0.25) is 0 Å². The van der Waals surface area contributed by atoms with E-state index in [1.807, 2.05) is 13.8 Å². The first kappa shape index (κ1) is 67.7. The highest BCUT2D eigenvalue weighted by Gasteiger charge is 2.70. The number of ether oxygens (including phenoxy) is 11. The van der Waals surface area contributed by atoms with Crippen LogP contribution in [0, 0.1) is 52.3 Å². The normalized spacial score (nSPS) is 56.1. The molecule has 38 atom stereocenters. The van der Waals surface area contributed by atoms with E-state index in [-0.39, 0.29) is 66.5 Å². The molecule has 10 fully saturated rings. The molecule has 0 bridgehead atoms. The summed E-state index contributed by atoms with van der Waals surface area (Å²) in [7, 11) is 0. The van der Waals surface area contributed by atoms with Crippen molar-refractivity contribution in [2.75, 3.05) is 39.6 Å². The SMILES string of the molecule is C[C@H](CC[C@@]1(O)O[C@H]2C[C@H]3[C@@H]4C[C@@H](O)[C@H]5C[C@@H](O[C@@H]6O[C@H](CO)[C@H](O[C@@H]7O[C@H](CO)[C@@H](O)[C@H](O[C@@H]8OC[C@@H](O)[C@H](O)[C@H]8O)[C@H]7O[C@@H]7O[C@H](CO)[C@@H](O)[C@H](O)[C@H]7O)[C@H](O)[C@H]6O)[C@H](O)C[C@]5(C)[C@H]4CC[C@]3(C)[C@H]2[C@@H]1C)CO[C@@H]1O[C@H](CO)[C@@H](O)[C@H](O)[C@H]1O. The molecule has 6 aliphatic heterocycles. The third-order valence-corrected chi connectivity index (χ3v) is 21.9. The molecule has 0 amide bonds. The van der Waals surface area contributed by atoms with Crippen molar-refractivity contribution in [3.63, 3.8) is 0 Å². The zero-order valence-electron chi connectivity index (χ0n) is 48.6. The maximum Gasteiger partial charge on any atom is 0.187 e. The van der Waals surface area contributed by atoms with Crippen molar-refractivity contribution in [1.82, 2.24) is 0 Å². The van der Waals surface area contributed by atoms with E-state index in [4.69, 9.17) is 52.1 Å². The number of hydrogen-bond acceptors (Lipinski definition) is 30. The summed E-state index contributed by atoms with van der Waals surface area (Å²) in [4.78, 5) is 0. The predicted molar refractivity (Wildman–Crippen MR) is 281 cm³/mol. The van der Waals surface area contributed by atoms with Crippen LogP contribution in [0.15, 0.2) is 0 Å². The average Bonchev–Trinajstić information content (AvgIpc) is 1.48. The van der Waals surface area contributed by atoms with Crippen LogP contribution in [0.5, 0.6) is 0 Å². The zero-order valence-corrected chi connectivity index (χ0v) is 48.6. The van der Waals surface area contributed by atoms with E-state index < -0.39 is 216 Å². The summed E-state index contributed by atoms with van der Waals surface area (Å²) < 4.78 is 65.3. The molecule has 0 aromatic heterocycles. The fourth-order valence-corrected chi connectivity index (χ4v) is 16.9. The molecule has 0 unspecified atom stereocenters. The van der Waals surface area contributed by atoms with Crippen LogP contribution in [0.1, 0.15) is 79.1 Å². The number of aliphatic hydroxyl groups excluding tert-OH is 18. The summed E-state index contributed by atoms with van der Waals surface area (Å²) in [6, 6.07) is 0. The van der Waals surface area contributed by atoms with Gasteiger partial charge in [-0.3, -0.25) is 0 Å².